The number of nitrogens with two attached hydrogens (primary N) is 1. The van der Waals surface area contributed by atoms with E-state index >= 15 is 0 Å². The molecule has 1 aromatic rings. The molecule has 2 N–H and O–H groups in total. The van der Waals surface area contributed by atoms with Crippen molar-refractivity contribution in [2.45, 2.75) is 32.4 Å². The maximum atomic E-state index is 5.95. The Balaban J connectivity index is 2.04. The average Bonchev–Trinajstić information content (AvgIpc) is 2.89. The fourth-order valence-corrected chi connectivity index (χ4v) is 1.83. The van der Waals surface area contributed by atoms with Crippen molar-refractivity contribution in [3.8, 4) is 0 Å². The first-order valence-corrected chi connectivity index (χ1v) is 7.31. The van der Waals surface area contributed by atoms with E-state index in [9.17, 15) is 0 Å². The molecule has 1 atom stereocenters. The number of rotatable bonds is 12. The summed E-state index contributed by atoms with van der Waals surface area (Å²) in [4.78, 5) is 0. The molecule has 0 aliphatic heterocycles. The normalized spacial score (nSPS) is 12.8. The number of methoxy groups -OCH3 is 1. The van der Waals surface area contributed by atoms with Gasteiger partial charge < -0.3 is 24.5 Å². The van der Waals surface area contributed by atoms with Gasteiger partial charge in [-0.3, -0.25) is 0 Å². The summed E-state index contributed by atoms with van der Waals surface area (Å²) in [7, 11) is 1.67. The summed E-state index contributed by atoms with van der Waals surface area (Å²) in [6.07, 6.45) is 6.18. The highest BCUT2D eigenvalue weighted by Crippen LogP contribution is 2.05. The standard InChI is InChI=1S/C15H28N2O3/c1-3-15(16)12-14-4-5-17(13-14)6-7-19-10-11-20-9-8-18-2/h4-5,13,15H,3,6-12,16H2,1-2H3. The Morgan fingerprint density at radius 3 is 2.55 bits per heavy atom. The van der Waals surface area contributed by atoms with Gasteiger partial charge in [0.05, 0.1) is 33.0 Å². The Morgan fingerprint density at radius 1 is 1.15 bits per heavy atom. The molecule has 116 valence electrons. The highest BCUT2D eigenvalue weighted by molar-refractivity contribution is 5.11. The van der Waals surface area contributed by atoms with E-state index in [1.54, 1.807) is 7.11 Å². The van der Waals surface area contributed by atoms with E-state index < -0.39 is 0 Å². The molecule has 0 amide bonds. The van der Waals surface area contributed by atoms with Crippen molar-refractivity contribution in [1.29, 1.82) is 0 Å². The molecule has 0 saturated carbocycles. The Hall–Kier alpha value is -0.880. The third-order valence-electron chi connectivity index (χ3n) is 3.13. The molecule has 20 heavy (non-hydrogen) atoms. The van der Waals surface area contributed by atoms with E-state index in [4.69, 9.17) is 19.9 Å². The van der Waals surface area contributed by atoms with E-state index in [2.05, 4.69) is 30.0 Å². The monoisotopic (exact) mass is 284 g/mol. The Morgan fingerprint density at radius 2 is 1.85 bits per heavy atom. The first-order valence-electron chi connectivity index (χ1n) is 7.31. The predicted octanol–water partition coefficient (Wildman–Crippen LogP) is 1.45. The van der Waals surface area contributed by atoms with Gasteiger partial charge in [0.1, 0.15) is 0 Å². The summed E-state index contributed by atoms with van der Waals surface area (Å²) in [5.74, 6) is 0. The van der Waals surface area contributed by atoms with Crippen LogP contribution in [0.4, 0.5) is 0 Å². The van der Waals surface area contributed by atoms with Gasteiger partial charge in [0.2, 0.25) is 0 Å². The second kappa shape index (κ2) is 10.9. The summed E-state index contributed by atoms with van der Waals surface area (Å²) >= 11 is 0. The summed E-state index contributed by atoms with van der Waals surface area (Å²) in [5.41, 5.74) is 7.24. The lowest BCUT2D eigenvalue weighted by molar-refractivity contribution is 0.0230. The van der Waals surface area contributed by atoms with Crippen LogP contribution in [-0.4, -0.2) is 50.8 Å². The lowest BCUT2D eigenvalue weighted by atomic mass is 10.1. The Bertz CT molecular complexity index is 342. The third-order valence-corrected chi connectivity index (χ3v) is 3.13. The van der Waals surface area contributed by atoms with Gasteiger partial charge in [0.15, 0.2) is 0 Å². The first-order chi connectivity index (χ1) is 9.76. The van der Waals surface area contributed by atoms with Gasteiger partial charge in [0.25, 0.3) is 0 Å². The fraction of sp³-hybridized carbons (Fsp3) is 0.733. The van der Waals surface area contributed by atoms with Crippen LogP contribution in [0.2, 0.25) is 0 Å². The van der Waals surface area contributed by atoms with E-state index in [-0.39, 0.29) is 6.04 Å². The van der Waals surface area contributed by atoms with Crippen LogP contribution < -0.4 is 5.73 Å². The molecule has 0 bridgehead atoms. The van der Waals surface area contributed by atoms with Crippen molar-refractivity contribution >= 4 is 0 Å². The van der Waals surface area contributed by atoms with Crippen LogP contribution in [0, 0.1) is 0 Å². The van der Waals surface area contributed by atoms with Gasteiger partial charge in [0, 0.05) is 32.1 Å². The van der Waals surface area contributed by atoms with E-state index in [0.29, 0.717) is 33.0 Å². The predicted molar refractivity (Wildman–Crippen MR) is 79.9 cm³/mol. The van der Waals surface area contributed by atoms with Crippen molar-refractivity contribution < 1.29 is 14.2 Å². The maximum absolute atomic E-state index is 5.95. The molecule has 0 aliphatic carbocycles. The molecule has 0 fully saturated rings. The van der Waals surface area contributed by atoms with Crippen molar-refractivity contribution in [3.63, 3.8) is 0 Å². The first kappa shape index (κ1) is 17.2. The van der Waals surface area contributed by atoms with Crippen LogP contribution in [0.15, 0.2) is 18.5 Å². The Labute approximate surface area is 122 Å². The van der Waals surface area contributed by atoms with Crippen molar-refractivity contribution in [2.75, 3.05) is 40.1 Å². The molecule has 0 aliphatic rings. The molecular formula is C15H28N2O3. The zero-order valence-electron chi connectivity index (χ0n) is 12.7. The minimum atomic E-state index is 0.256. The third kappa shape index (κ3) is 7.65. The van der Waals surface area contributed by atoms with Crippen molar-refractivity contribution in [2.24, 2.45) is 5.73 Å². The van der Waals surface area contributed by atoms with Gasteiger partial charge in [-0.1, -0.05) is 6.92 Å². The molecule has 1 aromatic heterocycles. The summed E-state index contributed by atoms with van der Waals surface area (Å²) in [5, 5.41) is 0. The number of aromatic nitrogens is 1. The van der Waals surface area contributed by atoms with Crippen LogP contribution in [0.1, 0.15) is 18.9 Å². The molecule has 5 heteroatoms. The number of ether oxygens (including phenoxy) is 3. The zero-order chi connectivity index (χ0) is 14.6. The molecule has 1 rings (SSSR count). The molecule has 1 unspecified atom stereocenters. The van der Waals surface area contributed by atoms with Crippen LogP contribution in [0.5, 0.6) is 0 Å². The van der Waals surface area contributed by atoms with Gasteiger partial charge in [-0.2, -0.15) is 0 Å². The maximum Gasteiger partial charge on any atom is 0.0701 e. The van der Waals surface area contributed by atoms with Gasteiger partial charge in [-0.05, 0) is 24.5 Å². The summed E-state index contributed by atoms with van der Waals surface area (Å²) in [6, 6.07) is 2.38. The van der Waals surface area contributed by atoms with E-state index in [1.807, 2.05) is 0 Å². The second-order valence-corrected chi connectivity index (χ2v) is 4.85. The SMILES string of the molecule is CCC(N)Cc1ccn(CCOCCOCCOC)c1. The largest absolute Gasteiger partial charge is 0.382 e. The zero-order valence-corrected chi connectivity index (χ0v) is 12.7. The average molecular weight is 284 g/mol. The van der Waals surface area contributed by atoms with Crippen LogP contribution in [0.25, 0.3) is 0 Å². The smallest absolute Gasteiger partial charge is 0.0701 e. The summed E-state index contributed by atoms with van der Waals surface area (Å²) < 4.78 is 17.9. The van der Waals surface area contributed by atoms with Crippen molar-refractivity contribution in [1.82, 2.24) is 4.57 Å². The number of hydrogen-bond acceptors (Lipinski definition) is 4. The lowest BCUT2D eigenvalue weighted by Gasteiger charge is -2.07. The molecule has 1 heterocycles. The highest BCUT2D eigenvalue weighted by Gasteiger charge is 2.03. The molecule has 0 radical (unpaired) electrons. The van der Waals surface area contributed by atoms with Crippen molar-refractivity contribution in [3.05, 3.63) is 24.0 Å². The fourth-order valence-electron chi connectivity index (χ4n) is 1.83. The topological polar surface area (TPSA) is 58.6 Å². The lowest BCUT2D eigenvalue weighted by Crippen LogP contribution is -2.21. The summed E-state index contributed by atoms with van der Waals surface area (Å²) in [6.45, 7) is 6.17. The molecule has 0 saturated heterocycles. The molecule has 5 nitrogen and oxygen atoms in total. The second-order valence-electron chi connectivity index (χ2n) is 4.85. The van der Waals surface area contributed by atoms with Gasteiger partial charge in [-0.25, -0.2) is 0 Å². The van der Waals surface area contributed by atoms with Gasteiger partial charge in [-0.15, -0.1) is 0 Å². The Kier molecular flexibility index (Phi) is 9.32. The molecule has 0 spiro atoms. The van der Waals surface area contributed by atoms with Crippen LogP contribution in [-0.2, 0) is 27.2 Å². The van der Waals surface area contributed by atoms with E-state index in [1.165, 1.54) is 5.56 Å². The molecule has 0 aromatic carbocycles. The minimum Gasteiger partial charge on any atom is -0.382 e. The van der Waals surface area contributed by atoms with Crippen LogP contribution >= 0.6 is 0 Å². The quantitative estimate of drug-likeness (QED) is 0.590. The van der Waals surface area contributed by atoms with Gasteiger partial charge >= 0.3 is 0 Å². The van der Waals surface area contributed by atoms with Crippen LogP contribution in [0.3, 0.4) is 0 Å². The molecular weight excluding hydrogens is 256 g/mol. The highest BCUT2D eigenvalue weighted by atomic mass is 16.5. The van der Waals surface area contributed by atoms with E-state index in [0.717, 1.165) is 19.4 Å². The minimum absolute atomic E-state index is 0.256. The number of hydrogen-bond donors (Lipinski definition) is 1. The number of nitrogens with zero attached hydrogens (tertiary/aromatic N) is 1.